The maximum absolute atomic E-state index is 11.5. The molecule has 3 heteroatoms. The van der Waals surface area contributed by atoms with E-state index in [1.807, 2.05) is 13.8 Å². The van der Waals surface area contributed by atoms with Gasteiger partial charge in [-0.2, -0.15) is 0 Å². The van der Waals surface area contributed by atoms with Gasteiger partial charge in [0.25, 0.3) is 0 Å². The van der Waals surface area contributed by atoms with Crippen molar-refractivity contribution in [2.24, 2.45) is 0 Å². The van der Waals surface area contributed by atoms with Crippen molar-refractivity contribution in [2.75, 3.05) is 6.54 Å². The molecule has 0 aliphatic heterocycles. The topological polar surface area (TPSA) is 41.1 Å². The summed E-state index contributed by atoms with van der Waals surface area (Å²) in [4.78, 5) is 11.5. The first kappa shape index (κ1) is 14.1. The summed E-state index contributed by atoms with van der Waals surface area (Å²) in [6.07, 6.45) is 3.97. The smallest absolute Gasteiger partial charge is 0.221 e. The molecule has 0 radical (unpaired) electrons. The highest BCUT2D eigenvalue weighted by atomic mass is 16.1. The van der Waals surface area contributed by atoms with Crippen molar-refractivity contribution in [1.82, 2.24) is 10.6 Å². The van der Waals surface area contributed by atoms with E-state index in [2.05, 4.69) is 34.9 Å². The Morgan fingerprint density at radius 3 is 2.79 bits per heavy atom. The number of hydrogen-bond donors (Lipinski definition) is 2. The number of hydrogen-bond acceptors (Lipinski definition) is 2. The number of nitrogens with one attached hydrogen (secondary N) is 2. The van der Waals surface area contributed by atoms with Crippen molar-refractivity contribution in [3.05, 3.63) is 35.4 Å². The fourth-order valence-corrected chi connectivity index (χ4v) is 2.66. The monoisotopic (exact) mass is 260 g/mol. The van der Waals surface area contributed by atoms with Crippen molar-refractivity contribution in [3.8, 4) is 0 Å². The molecule has 1 aliphatic rings. The molecule has 104 valence electrons. The Morgan fingerprint density at radius 2 is 2.05 bits per heavy atom. The number of carbonyl (C=O) groups is 1. The lowest BCUT2D eigenvalue weighted by molar-refractivity contribution is -0.121. The lowest BCUT2D eigenvalue weighted by Crippen LogP contribution is -2.38. The molecule has 3 nitrogen and oxygen atoms in total. The average Bonchev–Trinajstić information content (AvgIpc) is 2.37. The molecule has 1 aromatic rings. The van der Waals surface area contributed by atoms with Crippen LogP contribution in [0.2, 0.25) is 0 Å². The van der Waals surface area contributed by atoms with E-state index in [0.717, 1.165) is 19.4 Å². The normalized spacial score (nSPS) is 18.2. The second-order valence-corrected chi connectivity index (χ2v) is 5.63. The van der Waals surface area contributed by atoms with Crippen LogP contribution in [0.4, 0.5) is 0 Å². The third-order valence-corrected chi connectivity index (χ3v) is 3.58. The molecule has 1 unspecified atom stereocenters. The van der Waals surface area contributed by atoms with Gasteiger partial charge in [0.15, 0.2) is 0 Å². The van der Waals surface area contributed by atoms with Crippen LogP contribution in [0.3, 0.4) is 0 Å². The van der Waals surface area contributed by atoms with Crippen molar-refractivity contribution >= 4 is 5.91 Å². The van der Waals surface area contributed by atoms with Gasteiger partial charge in [-0.25, -0.2) is 0 Å². The van der Waals surface area contributed by atoms with E-state index in [0.29, 0.717) is 12.5 Å². The minimum atomic E-state index is 0.138. The number of rotatable bonds is 5. The Labute approximate surface area is 115 Å². The minimum absolute atomic E-state index is 0.138. The van der Waals surface area contributed by atoms with Gasteiger partial charge in [0.1, 0.15) is 0 Å². The molecular formula is C16H24N2O. The maximum atomic E-state index is 11.5. The summed E-state index contributed by atoms with van der Waals surface area (Å²) in [6.45, 7) is 4.75. The first-order valence-electron chi connectivity index (χ1n) is 7.24. The van der Waals surface area contributed by atoms with Crippen molar-refractivity contribution in [2.45, 2.75) is 51.6 Å². The van der Waals surface area contributed by atoms with Crippen LogP contribution in [-0.2, 0) is 17.6 Å². The highest BCUT2D eigenvalue weighted by Gasteiger charge is 2.17. The Morgan fingerprint density at radius 1 is 1.32 bits per heavy atom. The Hall–Kier alpha value is -1.35. The van der Waals surface area contributed by atoms with E-state index in [1.165, 1.54) is 17.5 Å². The largest absolute Gasteiger partial charge is 0.354 e. The second kappa shape index (κ2) is 6.71. The molecule has 2 N–H and O–H groups in total. The molecule has 0 heterocycles. The average molecular weight is 260 g/mol. The van der Waals surface area contributed by atoms with Crippen LogP contribution in [-0.4, -0.2) is 24.5 Å². The zero-order valence-corrected chi connectivity index (χ0v) is 11.9. The van der Waals surface area contributed by atoms with Crippen molar-refractivity contribution < 1.29 is 4.79 Å². The fourth-order valence-electron chi connectivity index (χ4n) is 2.66. The second-order valence-electron chi connectivity index (χ2n) is 5.63. The SMILES string of the molecule is CC(C)NC(=O)CCNC1CCc2ccccc2C1. The van der Waals surface area contributed by atoms with Gasteiger partial charge in [-0.1, -0.05) is 24.3 Å². The Bertz CT molecular complexity index is 429. The van der Waals surface area contributed by atoms with Crippen molar-refractivity contribution in [3.63, 3.8) is 0 Å². The fraction of sp³-hybridized carbons (Fsp3) is 0.562. The summed E-state index contributed by atoms with van der Waals surface area (Å²) in [6, 6.07) is 9.41. The first-order valence-corrected chi connectivity index (χ1v) is 7.24. The van der Waals surface area contributed by atoms with Crippen molar-refractivity contribution in [1.29, 1.82) is 0 Å². The van der Waals surface area contributed by atoms with E-state index in [1.54, 1.807) is 0 Å². The summed E-state index contributed by atoms with van der Waals surface area (Å²) < 4.78 is 0. The van der Waals surface area contributed by atoms with E-state index in [4.69, 9.17) is 0 Å². The molecule has 0 saturated carbocycles. The third kappa shape index (κ3) is 4.35. The predicted octanol–water partition coefficient (Wildman–Crippen LogP) is 2.05. The summed E-state index contributed by atoms with van der Waals surface area (Å²) in [7, 11) is 0. The van der Waals surface area contributed by atoms with Gasteiger partial charge in [-0.15, -0.1) is 0 Å². The molecule has 0 saturated heterocycles. The van der Waals surface area contributed by atoms with Gasteiger partial charge in [-0.3, -0.25) is 4.79 Å². The van der Waals surface area contributed by atoms with E-state index in [-0.39, 0.29) is 11.9 Å². The van der Waals surface area contributed by atoms with Gasteiger partial charge < -0.3 is 10.6 Å². The Kier molecular flexibility index (Phi) is 4.97. The van der Waals surface area contributed by atoms with Gasteiger partial charge in [-0.05, 0) is 44.2 Å². The summed E-state index contributed by atoms with van der Waals surface area (Å²) in [5.41, 5.74) is 2.94. The van der Waals surface area contributed by atoms with Crippen LogP contribution in [0, 0.1) is 0 Å². The van der Waals surface area contributed by atoms with Crippen LogP contribution in [0.5, 0.6) is 0 Å². The lowest BCUT2D eigenvalue weighted by atomic mass is 9.88. The number of benzene rings is 1. The maximum Gasteiger partial charge on any atom is 0.221 e. The molecule has 1 atom stereocenters. The highest BCUT2D eigenvalue weighted by Crippen LogP contribution is 2.20. The molecule has 0 bridgehead atoms. The summed E-state index contributed by atoms with van der Waals surface area (Å²) in [5.74, 6) is 0.138. The predicted molar refractivity (Wildman–Crippen MR) is 78.2 cm³/mol. The zero-order chi connectivity index (χ0) is 13.7. The molecule has 1 aromatic carbocycles. The lowest BCUT2D eigenvalue weighted by Gasteiger charge is -2.25. The number of carbonyl (C=O) groups excluding carboxylic acids is 1. The zero-order valence-electron chi connectivity index (χ0n) is 11.9. The van der Waals surface area contributed by atoms with Gasteiger partial charge in [0, 0.05) is 25.0 Å². The molecule has 1 amide bonds. The van der Waals surface area contributed by atoms with Crippen LogP contribution in [0.1, 0.15) is 37.8 Å². The van der Waals surface area contributed by atoms with Crippen LogP contribution in [0.15, 0.2) is 24.3 Å². The molecule has 1 aliphatic carbocycles. The Balaban J connectivity index is 1.73. The number of amides is 1. The third-order valence-electron chi connectivity index (χ3n) is 3.58. The van der Waals surface area contributed by atoms with E-state index >= 15 is 0 Å². The molecule has 2 rings (SSSR count). The van der Waals surface area contributed by atoms with Gasteiger partial charge in [0.2, 0.25) is 5.91 Å². The molecule has 0 aromatic heterocycles. The van der Waals surface area contributed by atoms with E-state index < -0.39 is 0 Å². The standard InChI is InChI=1S/C16H24N2O/c1-12(2)18-16(19)9-10-17-15-8-7-13-5-3-4-6-14(13)11-15/h3-6,12,15,17H,7-11H2,1-2H3,(H,18,19). The minimum Gasteiger partial charge on any atom is -0.354 e. The number of fused-ring (bicyclic) bond motifs is 1. The molecule has 0 spiro atoms. The quantitative estimate of drug-likeness (QED) is 0.850. The van der Waals surface area contributed by atoms with Crippen LogP contribution < -0.4 is 10.6 Å². The van der Waals surface area contributed by atoms with Crippen LogP contribution >= 0.6 is 0 Å². The van der Waals surface area contributed by atoms with Gasteiger partial charge >= 0.3 is 0 Å². The number of aryl methyl sites for hydroxylation is 1. The molecule has 19 heavy (non-hydrogen) atoms. The first-order chi connectivity index (χ1) is 9.15. The molecular weight excluding hydrogens is 236 g/mol. The highest BCUT2D eigenvalue weighted by molar-refractivity contribution is 5.76. The van der Waals surface area contributed by atoms with E-state index in [9.17, 15) is 4.79 Å². The van der Waals surface area contributed by atoms with Gasteiger partial charge in [0.05, 0.1) is 0 Å². The molecule has 0 fully saturated rings. The summed E-state index contributed by atoms with van der Waals surface area (Å²) in [5, 5.41) is 6.42. The summed E-state index contributed by atoms with van der Waals surface area (Å²) >= 11 is 0. The van der Waals surface area contributed by atoms with Crippen LogP contribution in [0.25, 0.3) is 0 Å².